The van der Waals surface area contributed by atoms with Gasteiger partial charge in [-0.1, -0.05) is 18.2 Å². The maximum absolute atomic E-state index is 13.6. The zero-order valence-corrected chi connectivity index (χ0v) is 23.7. The lowest BCUT2D eigenvalue weighted by atomic mass is 10.1. The van der Waals surface area contributed by atoms with Crippen LogP contribution in [0.2, 0.25) is 0 Å². The fraction of sp³-hybridized carbons (Fsp3) is 0.129. The minimum atomic E-state index is -0.527. The molecule has 0 spiro atoms. The molecule has 1 aliphatic rings. The van der Waals surface area contributed by atoms with Gasteiger partial charge in [-0.15, -0.1) is 0 Å². The minimum Gasteiger partial charge on any atom is -0.359 e. The number of anilines is 4. The summed E-state index contributed by atoms with van der Waals surface area (Å²) in [5.41, 5.74) is 6.65. The lowest BCUT2D eigenvalue weighted by molar-refractivity contribution is -0.112. The van der Waals surface area contributed by atoms with Crippen LogP contribution in [0.1, 0.15) is 27.2 Å². The highest BCUT2D eigenvalue weighted by Gasteiger charge is 2.32. The molecule has 0 fully saturated rings. The van der Waals surface area contributed by atoms with Gasteiger partial charge in [0.25, 0.3) is 11.8 Å². The second kappa shape index (κ2) is 10.8. The highest BCUT2D eigenvalue weighted by molar-refractivity contribution is 6.20. The molecule has 0 aliphatic carbocycles. The van der Waals surface area contributed by atoms with Gasteiger partial charge in [0.05, 0.1) is 29.0 Å². The van der Waals surface area contributed by atoms with Crippen LogP contribution in [0.3, 0.4) is 0 Å². The number of amides is 2. The van der Waals surface area contributed by atoms with Gasteiger partial charge in [-0.25, -0.2) is 9.97 Å². The molecule has 4 heterocycles. The molecule has 0 radical (unpaired) electrons. The molecule has 3 aromatic heterocycles. The van der Waals surface area contributed by atoms with Crippen LogP contribution in [0.25, 0.3) is 22.2 Å². The third-order valence-electron chi connectivity index (χ3n) is 7.46. The lowest BCUT2D eigenvalue weighted by Gasteiger charge is -2.17. The number of nitrogens with one attached hydrogen (secondary N) is 5. The number of nitrogens with zero attached hydrogens (tertiary/aromatic N) is 5. The number of carbonyl (C=O) groups excluding carboxylic acids is 2. The van der Waals surface area contributed by atoms with Crippen molar-refractivity contribution in [2.24, 2.45) is 7.05 Å². The quantitative estimate of drug-likeness (QED) is 0.129. The van der Waals surface area contributed by atoms with Crippen LogP contribution < -0.4 is 15.5 Å². The van der Waals surface area contributed by atoms with E-state index in [0.29, 0.717) is 34.3 Å². The van der Waals surface area contributed by atoms with Gasteiger partial charge in [0.1, 0.15) is 0 Å². The zero-order valence-electron chi connectivity index (χ0n) is 23.7. The molecule has 6 rings (SSSR count). The van der Waals surface area contributed by atoms with Gasteiger partial charge in [0.15, 0.2) is 5.82 Å². The normalized spacial score (nSPS) is 12.9. The predicted molar refractivity (Wildman–Crippen MR) is 167 cm³/mol. The van der Waals surface area contributed by atoms with Crippen molar-refractivity contribution < 1.29 is 9.59 Å². The summed E-state index contributed by atoms with van der Waals surface area (Å²) in [5, 5.41) is 26.0. The molecule has 43 heavy (non-hydrogen) atoms. The number of hydrogen-bond acceptors (Lipinski definition) is 8. The van der Waals surface area contributed by atoms with E-state index in [4.69, 9.17) is 15.8 Å². The number of H-pyrrole nitrogens is 1. The van der Waals surface area contributed by atoms with E-state index in [1.165, 1.54) is 6.08 Å². The van der Waals surface area contributed by atoms with Crippen molar-refractivity contribution in [1.82, 2.24) is 24.7 Å². The number of allylic oxidation sites excluding steroid dienone is 1. The molecular weight excluding hydrogens is 544 g/mol. The molecule has 2 aromatic carbocycles. The Hall–Kier alpha value is -5.91. The average molecular weight is 573 g/mol. The smallest absolute Gasteiger partial charge is 0.259 e. The van der Waals surface area contributed by atoms with E-state index < -0.39 is 5.91 Å². The van der Waals surface area contributed by atoms with Crippen molar-refractivity contribution in [2.45, 2.75) is 20.4 Å². The van der Waals surface area contributed by atoms with Crippen LogP contribution in [-0.2, 0) is 18.4 Å². The minimum absolute atomic E-state index is 0.0333. The predicted octanol–water partition coefficient (Wildman–Crippen LogP) is 5.04. The molecule has 2 amide bonds. The fourth-order valence-corrected chi connectivity index (χ4v) is 5.19. The summed E-state index contributed by atoms with van der Waals surface area (Å²) < 4.78 is 1.77. The molecule has 0 saturated carbocycles. The van der Waals surface area contributed by atoms with Crippen LogP contribution >= 0.6 is 0 Å². The maximum atomic E-state index is 13.6. The number of rotatable bonds is 8. The Balaban J connectivity index is 1.33. The molecule has 5 N–H and O–H groups in total. The molecule has 214 valence electrons. The first-order chi connectivity index (χ1) is 20.8. The molecule has 12 nitrogen and oxygen atoms in total. The number of aromatic amines is 1. The summed E-state index contributed by atoms with van der Waals surface area (Å²) in [7, 11) is 1.87. The van der Waals surface area contributed by atoms with Crippen molar-refractivity contribution in [3.63, 3.8) is 0 Å². The van der Waals surface area contributed by atoms with Gasteiger partial charge >= 0.3 is 0 Å². The third kappa shape index (κ3) is 4.84. The average Bonchev–Trinajstić information content (AvgIpc) is 3.67. The van der Waals surface area contributed by atoms with Crippen LogP contribution in [0.15, 0.2) is 66.5 Å². The van der Waals surface area contributed by atoms with Gasteiger partial charge in [-0.3, -0.25) is 14.3 Å². The van der Waals surface area contributed by atoms with E-state index in [2.05, 4.69) is 25.7 Å². The highest BCUT2D eigenvalue weighted by Crippen LogP contribution is 2.39. The summed E-state index contributed by atoms with van der Waals surface area (Å²) in [5.74, 6) is 0.359. The Morgan fingerprint density at radius 2 is 1.93 bits per heavy atom. The molecule has 0 saturated heterocycles. The van der Waals surface area contributed by atoms with Crippen LogP contribution in [0.5, 0.6) is 0 Å². The lowest BCUT2D eigenvalue weighted by Crippen LogP contribution is -2.23. The van der Waals surface area contributed by atoms with E-state index in [9.17, 15) is 9.59 Å². The molecule has 1 aliphatic heterocycles. The summed E-state index contributed by atoms with van der Waals surface area (Å²) >= 11 is 0. The van der Waals surface area contributed by atoms with Crippen molar-refractivity contribution in [3.8, 4) is 11.3 Å². The molecular formula is C31H28N10O2. The van der Waals surface area contributed by atoms with Gasteiger partial charge in [-0.05, 0) is 43.7 Å². The number of aromatic nitrogens is 5. The number of fused-ring (bicyclic) bond motifs is 2. The molecule has 0 unspecified atom stereocenters. The summed E-state index contributed by atoms with van der Waals surface area (Å²) in [6, 6.07) is 12.9. The van der Waals surface area contributed by atoms with Gasteiger partial charge in [0.2, 0.25) is 5.95 Å². The van der Waals surface area contributed by atoms with Crippen molar-refractivity contribution in [1.29, 1.82) is 10.8 Å². The Labute approximate surface area is 246 Å². The van der Waals surface area contributed by atoms with E-state index >= 15 is 0 Å². The Bertz CT molecular complexity index is 1960. The third-order valence-corrected chi connectivity index (χ3v) is 7.46. The number of aryl methyl sites for hydroxylation is 3. The first-order valence-corrected chi connectivity index (χ1v) is 13.5. The maximum Gasteiger partial charge on any atom is 0.259 e. The second-order valence-corrected chi connectivity index (χ2v) is 10.2. The van der Waals surface area contributed by atoms with Gasteiger partial charge < -0.3 is 31.3 Å². The fourth-order valence-electron chi connectivity index (χ4n) is 5.19. The number of benzene rings is 2. The number of carbonyl (C=O) groups is 2. The number of hydrogen-bond donors (Lipinski definition) is 5. The van der Waals surface area contributed by atoms with Gasteiger partial charge in [0, 0.05) is 71.4 Å². The van der Waals surface area contributed by atoms with Crippen LogP contribution in [0, 0.1) is 24.7 Å². The first-order valence-electron chi connectivity index (χ1n) is 13.5. The summed E-state index contributed by atoms with van der Waals surface area (Å²) in [4.78, 5) is 40.6. The molecule has 0 atom stereocenters. The van der Waals surface area contributed by atoms with E-state index in [-0.39, 0.29) is 18.0 Å². The molecule has 0 bridgehead atoms. The number of para-hydroxylation sites is 1. The van der Waals surface area contributed by atoms with E-state index in [0.717, 1.165) is 45.8 Å². The monoisotopic (exact) mass is 572 g/mol. The molecule has 12 heteroatoms. The van der Waals surface area contributed by atoms with Crippen molar-refractivity contribution >= 4 is 58.3 Å². The van der Waals surface area contributed by atoms with E-state index in [1.807, 2.05) is 51.4 Å². The largest absolute Gasteiger partial charge is 0.359 e. The second-order valence-electron chi connectivity index (χ2n) is 10.2. The van der Waals surface area contributed by atoms with Gasteiger partial charge in [-0.2, -0.15) is 5.10 Å². The standard InChI is InChI=1S/C31H28N10O2/c1-17-14-35-31(37-26-12-18(2)40(3)39-26)38-27(17)22-15-34-28-20(22)6-5-9-25(28)41-16-23-21(30(41)43)7-4-8-24(23)36-29(42)19(13-33)10-11-32/h4-15,32-34H,16H2,1-3H3,(H,36,42)(H,35,37,38,39)/b19-10+,32-11?,33-13?. The molecule has 5 aromatic rings. The topological polar surface area (TPSA) is 169 Å². The Morgan fingerprint density at radius 3 is 2.67 bits per heavy atom. The Kier molecular flexibility index (Phi) is 6.86. The van der Waals surface area contributed by atoms with Crippen LogP contribution in [0.4, 0.5) is 23.1 Å². The first kappa shape index (κ1) is 27.3. The highest BCUT2D eigenvalue weighted by atomic mass is 16.2. The van der Waals surface area contributed by atoms with Crippen LogP contribution in [-0.4, -0.2) is 49.0 Å². The SMILES string of the molecule is Cc1cnc(Nc2cc(C)n(C)n2)nc1-c1c[nH]c2c(N3Cc4c(NC(=O)/C(C=N)=C/C=N)cccc4C3=O)cccc12. The van der Waals surface area contributed by atoms with Crippen molar-refractivity contribution in [3.05, 3.63) is 88.9 Å². The summed E-state index contributed by atoms with van der Waals surface area (Å²) in [6.45, 7) is 4.16. The zero-order chi connectivity index (χ0) is 30.2. The summed E-state index contributed by atoms with van der Waals surface area (Å²) in [6.07, 6.45) is 6.73. The van der Waals surface area contributed by atoms with Crippen molar-refractivity contribution in [2.75, 3.05) is 15.5 Å². The Morgan fingerprint density at radius 1 is 1.12 bits per heavy atom. The van der Waals surface area contributed by atoms with E-state index in [1.54, 1.807) is 34.0 Å².